The number of benzene rings is 1. The molecule has 1 aromatic rings. The van der Waals surface area contributed by atoms with E-state index in [1.54, 1.807) is 0 Å². The fourth-order valence-corrected chi connectivity index (χ4v) is 1.65. The molecule has 1 fully saturated rings. The van der Waals surface area contributed by atoms with E-state index in [2.05, 4.69) is 0 Å². The van der Waals surface area contributed by atoms with Crippen LogP contribution in [0.3, 0.4) is 0 Å². The summed E-state index contributed by atoms with van der Waals surface area (Å²) < 4.78 is 38.5. The van der Waals surface area contributed by atoms with Gasteiger partial charge in [0, 0.05) is 12.7 Å². The van der Waals surface area contributed by atoms with Gasteiger partial charge in [-0.3, -0.25) is 0 Å². The second-order valence-electron chi connectivity index (χ2n) is 3.57. The average molecular weight is 202 g/mol. The van der Waals surface area contributed by atoms with Crippen molar-refractivity contribution in [2.75, 3.05) is 6.61 Å². The van der Waals surface area contributed by atoms with E-state index in [1.165, 1.54) is 0 Å². The van der Waals surface area contributed by atoms with Gasteiger partial charge in [0.2, 0.25) is 0 Å². The lowest BCUT2D eigenvalue weighted by atomic mass is 10.1. The second kappa shape index (κ2) is 3.28. The molecular weight excluding hydrogens is 193 g/mol. The molecule has 2 atom stereocenters. The predicted octanol–water partition coefficient (Wildman–Crippen LogP) is 2.20. The number of aliphatic hydroxyl groups is 1. The van der Waals surface area contributed by atoms with Crippen LogP contribution in [-0.2, 0) is 0 Å². The fraction of sp³-hybridized carbons (Fsp3) is 0.400. The molecular formula is C10H9F3O. The van der Waals surface area contributed by atoms with Gasteiger partial charge in [-0.25, -0.2) is 13.2 Å². The van der Waals surface area contributed by atoms with Gasteiger partial charge in [0.25, 0.3) is 0 Å². The summed E-state index contributed by atoms with van der Waals surface area (Å²) in [6, 6.07) is 1.43. The molecule has 0 saturated heterocycles. The number of hydrogen-bond acceptors (Lipinski definition) is 1. The maximum absolute atomic E-state index is 13.1. The Morgan fingerprint density at radius 3 is 2.36 bits per heavy atom. The molecule has 1 aliphatic rings. The summed E-state index contributed by atoms with van der Waals surface area (Å²) in [5.74, 6) is -3.10. The van der Waals surface area contributed by atoms with Crippen molar-refractivity contribution in [1.29, 1.82) is 0 Å². The molecule has 0 bridgehead atoms. The Bertz CT molecular complexity index is 365. The van der Waals surface area contributed by atoms with Crippen LogP contribution in [0.4, 0.5) is 13.2 Å². The first-order valence-corrected chi connectivity index (χ1v) is 4.38. The Kier molecular flexibility index (Phi) is 2.23. The molecule has 0 aromatic heterocycles. The van der Waals surface area contributed by atoms with Crippen molar-refractivity contribution in [3.8, 4) is 0 Å². The van der Waals surface area contributed by atoms with Gasteiger partial charge in [0.15, 0.2) is 11.6 Å². The molecule has 0 amide bonds. The van der Waals surface area contributed by atoms with Crippen LogP contribution in [0.15, 0.2) is 12.1 Å². The highest BCUT2D eigenvalue weighted by Gasteiger charge is 2.39. The van der Waals surface area contributed by atoms with Crippen LogP contribution in [0.25, 0.3) is 0 Å². The maximum atomic E-state index is 13.1. The largest absolute Gasteiger partial charge is 0.396 e. The highest BCUT2D eigenvalue weighted by molar-refractivity contribution is 5.28. The molecule has 4 heteroatoms. The number of rotatable bonds is 2. The highest BCUT2D eigenvalue weighted by atomic mass is 19.2. The summed E-state index contributed by atoms with van der Waals surface area (Å²) in [6.45, 7) is -0.0386. The first kappa shape index (κ1) is 9.52. The van der Waals surface area contributed by atoms with Gasteiger partial charge >= 0.3 is 0 Å². The molecule has 1 aliphatic carbocycles. The van der Waals surface area contributed by atoms with E-state index in [0.717, 1.165) is 6.07 Å². The number of halogens is 3. The zero-order valence-electron chi connectivity index (χ0n) is 7.30. The van der Waals surface area contributed by atoms with Crippen molar-refractivity contribution in [2.24, 2.45) is 5.92 Å². The molecule has 1 saturated carbocycles. The second-order valence-corrected chi connectivity index (χ2v) is 3.57. The average Bonchev–Trinajstić information content (AvgIpc) is 2.90. The molecule has 76 valence electrons. The molecule has 0 heterocycles. The molecule has 2 rings (SSSR count). The van der Waals surface area contributed by atoms with Crippen LogP contribution in [0.2, 0.25) is 0 Å². The normalized spacial score (nSPS) is 25.1. The lowest BCUT2D eigenvalue weighted by Crippen LogP contribution is -1.96. The molecule has 1 N–H and O–H groups in total. The monoisotopic (exact) mass is 202 g/mol. The van der Waals surface area contributed by atoms with Crippen molar-refractivity contribution in [3.63, 3.8) is 0 Å². The van der Waals surface area contributed by atoms with Gasteiger partial charge in [-0.2, -0.15) is 0 Å². The third kappa shape index (κ3) is 1.50. The van der Waals surface area contributed by atoms with Gasteiger partial charge in [-0.15, -0.1) is 0 Å². The Morgan fingerprint density at radius 2 is 1.79 bits per heavy atom. The Hall–Kier alpha value is -1.03. The van der Waals surface area contributed by atoms with Gasteiger partial charge in [-0.1, -0.05) is 0 Å². The molecule has 0 spiro atoms. The van der Waals surface area contributed by atoms with Crippen LogP contribution >= 0.6 is 0 Å². The van der Waals surface area contributed by atoms with Gasteiger partial charge in [0.05, 0.1) is 0 Å². The fourth-order valence-electron chi connectivity index (χ4n) is 1.65. The third-order valence-electron chi connectivity index (χ3n) is 2.60. The van der Waals surface area contributed by atoms with Crippen LogP contribution in [0.5, 0.6) is 0 Å². The maximum Gasteiger partial charge on any atom is 0.161 e. The first-order chi connectivity index (χ1) is 6.63. The summed E-state index contributed by atoms with van der Waals surface area (Å²) in [6.07, 6.45) is 0.637. The van der Waals surface area contributed by atoms with Crippen molar-refractivity contribution >= 4 is 0 Å². The van der Waals surface area contributed by atoms with Crippen molar-refractivity contribution in [3.05, 3.63) is 35.1 Å². The van der Waals surface area contributed by atoms with E-state index in [1.807, 2.05) is 0 Å². The highest BCUT2D eigenvalue weighted by Crippen LogP contribution is 2.48. The summed E-state index contributed by atoms with van der Waals surface area (Å²) in [4.78, 5) is 0. The van der Waals surface area contributed by atoms with E-state index in [9.17, 15) is 13.2 Å². The molecule has 14 heavy (non-hydrogen) atoms. The van der Waals surface area contributed by atoms with Crippen molar-refractivity contribution < 1.29 is 18.3 Å². The van der Waals surface area contributed by atoms with E-state index >= 15 is 0 Å². The summed E-state index contributed by atoms with van der Waals surface area (Å²) >= 11 is 0. The predicted molar refractivity (Wildman–Crippen MR) is 44.2 cm³/mol. The Morgan fingerprint density at radius 1 is 1.14 bits per heavy atom. The summed E-state index contributed by atoms with van der Waals surface area (Å²) in [5, 5.41) is 8.76. The zero-order valence-corrected chi connectivity index (χ0v) is 7.30. The SMILES string of the molecule is OCC1CC1c1cc(F)c(F)cc1F. The van der Waals surface area contributed by atoms with Crippen LogP contribution in [0.1, 0.15) is 17.9 Å². The van der Waals surface area contributed by atoms with E-state index in [0.29, 0.717) is 12.5 Å². The number of aliphatic hydroxyl groups excluding tert-OH is 1. The van der Waals surface area contributed by atoms with Gasteiger partial charge in [-0.05, 0) is 29.9 Å². The molecule has 2 unspecified atom stereocenters. The van der Waals surface area contributed by atoms with E-state index in [-0.39, 0.29) is 24.0 Å². The standard InChI is InChI=1S/C10H9F3O/c11-8-3-10(13)9(12)2-7(8)6-1-5(6)4-14/h2-3,5-6,14H,1,4H2. The minimum atomic E-state index is -1.17. The molecule has 1 nitrogen and oxygen atoms in total. The van der Waals surface area contributed by atoms with E-state index < -0.39 is 17.5 Å². The minimum absolute atomic E-state index is 0.00522. The Labute approximate surface area is 79.2 Å². The van der Waals surface area contributed by atoms with Crippen LogP contribution in [0, 0.1) is 23.4 Å². The van der Waals surface area contributed by atoms with Gasteiger partial charge in [0.1, 0.15) is 5.82 Å². The topological polar surface area (TPSA) is 20.2 Å². The van der Waals surface area contributed by atoms with Crippen LogP contribution < -0.4 is 0 Å². The third-order valence-corrected chi connectivity index (χ3v) is 2.60. The van der Waals surface area contributed by atoms with Crippen molar-refractivity contribution in [2.45, 2.75) is 12.3 Å². The smallest absolute Gasteiger partial charge is 0.161 e. The summed E-state index contributed by atoms with van der Waals surface area (Å²) in [7, 11) is 0. The quantitative estimate of drug-likeness (QED) is 0.729. The number of hydrogen-bond donors (Lipinski definition) is 1. The lowest BCUT2D eigenvalue weighted by Gasteiger charge is -2.02. The van der Waals surface area contributed by atoms with Crippen LogP contribution in [-0.4, -0.2) is 11.7 Å². The van der Waals surface area contributed by atoms with Crippen molar-refractivity contribution in [1.82, 2.24) is 0 Å². The minimum Gasteiger partial charge on any atom is -0.396 e. The lowest BCUT2D eigenvalue weighted by molar-refractivity contribution is 0.273. The molecule has 0 aliphatic heterocycles. The summed E-state index contributed by atoms with van der Waals surface area (Å²) in [5.41, 5.74) is 0.169. The molecule has 0 radical (unpaired) electrons. The first-order valence-electron chi connectivity index (χ1n) is 4.38. The van der Waals surface area contributed by atoms with Gasteiger partial charge < -0.3 is 5.11 Å². The molecule has 1 aromatic carbocycles. The Balaban J connectivity index is 2.31. The zero-order chi connectivity index (χ0) is 10.3. The van der Waals surface area contributed by atoms with E-state index in [4.69, 9.17) is 5.11 Å².